The normalized spacial score (nSPS) is 28.5. The van der Waals surface area contributed by atoms with Crippen LogP contribution >= 0.6 is 21.6 Å². The van der Waals surface area contributed by atoms with E-state index in [1.807, 2.05) is 52.8 Å². The molecular weight excluding hydrogens is 803 g/mol. The number of aromatic nitrogens is 1. The summed E-state index contributed by atoms with van der Waals surface area (Å²) < 4.78 is 25.2. The molecule has 0 aliphatic heterocycles. The zero-order valence-corrected chi connectivity index (χ0v) is 43.2. The second kappa shape index (κ2) is 18.2. The van der Waals surface area contributed by atoms with Gasteiger partial charge in [-0.1, -0.05) is 145 Å². The highest BCUT2D eigenvalue weighted by molar-refractivity contribution is 8.76. The summed E-state index contributed by atoms with van der Waals surface area (Å²) >= 11 is 0. The number of esters is 3. The van der Waals surface area contributed by atoms with Crippen molar-refractivity contribution in [1.29, 1.82) is 0 Å². The highest BCUT2D eigenvalue weighted by atomic mass is 33.1. The van der Waals surface area contributed by atoms with Crippen molar-refractivity contribution in [3.05, 3.63) is 24.4 Å². The van der Waals surface area contributed by atoms with Crippen molar-refractivity contribution in [2.75, 3.05) is 25.6 Å². The molecule has 5 atom stereocenters. The molecule has 1 aromatic rings. The summed E-state index contributed by atoms with van der Waals surface area (Å²) in [5.74, 6) is -0.0112. The van der Waals surface area contributed by atoms with Crippen LogP contribution in [0.5, 0.6) is 0 Å². The fraction of sp³-hybridized carbons (Fsp3) is 0.843. The maximum Gasteiger partial charge on any atom is 0.313 e. The molecule has 0 radical (unpaired) electrons. The summed E-state index contributed by atoms with van der Waals surface area (Å²) in [5, 5.41) is 0.918. The quantitative estimate of drug-likeness (QED) is 0.0432. The zero-order chi connectivity index (χ0) is 46.2. The molecule has 61 heavy (non-hydrogen) atoms. The lowest BCUT2D eigenvalue weighted by Crippen LogP contribution is -2.54. The Labute approximate surface area is 379 Å². The fourth-order valence-corrected chi connectivity index (χ4v) is 13.6. The smallest absolute Gasteiger partial charge is 0.313 e. The van der Waals surface area contributed by atoms with E-state index in [-0.39, 0.29) is 42.1 Å². The van der Waals surface area contributed by atoms with Crippen LogP contribution in [0.1, 0.15) is 188 Å². The second-order valence-electron chi connectivity index (χ2n) is 23.7. The van der Waals surface area contributed by atoms with Crippen LogP contribution in [-0.2, 0) is 33.3 Å². The Balaban J connectivity index is 1.66. The van der Waals surface area contributed by atoms with Crippen LogP contribution in [0.15, 0.2) is 29.4 Å². The lowest BCUT2D eigenvalue weighted by atomic mass is 9.52. The fourth-order valence-electron chi connectivity index (χ4n) is 11.9. The number of rotatable bonds is 24. The molecule has 0 saturated heterocycles. The second-order valence-corrected chi connectivity index (χ2v) is 26.1. The first kappa shape index (κ1) is 51.9. The molecule has 0 spiro atoms. The van der Waals surface area contributed by atoms with Crippen molar-refractivity contribution < 1.29 is 33.3 Å². The Morgan fingerprint density at radius 1 is 0.656 bits per heavy atom. The van der Waals surface area contributed by atoms with Gasteiger partial charge in [-0.2, -0.15) is 0 Å². The van der Waals surface area contributed by atoms with Gasteiger partial charge in [0.2, 0.25) is 0 Å². The predicted molar refractivity (Wildman–Crippen MR) is 251 cm³/mol. The third-order valence-electron chi connectivity index (χ3n) is 16.5. The molecule has 0 amide bonds. The van der Waals surface area contributed by atoms with E-state index in [0.29, 0.717) is 31.6 Å². The lowest BCUT2D eigenvalue weighted by molar-refractivity contribution is -0.186. The van der Waals surface area contributed by atoms with Crippen molar-refractivity contribution in [2.45, 2.75) is 205 Å². The average molecular weight is 888 g/mol. The van der Waals surface area contributed by atoms with Crippen LogP contribution in [0.2, 0.25) is 0 Å². The van der Waals surface area contributed by atoms with Gasteiger partial charge >= 0.3 is 17.9 Å². The number of carbonyl (C=O) groups is 3. The first-order valence-corrected chi connectivity index (χ1v) is 25.7. The van der Waals surface area contributed by atoms with Gasteiger partial charge in [0.05, 0.1) is 35.1 Å². The summed E-state index contributed by atoms with van der Waals surface area (Å²) in [6.07, 6.45) is 12.8. The van der Waals surface area contributed by atoms with E-state index in [0.717, 1.165) is 24.3 Å². The molecule has 3 aliphatic rings. The summed E-state index contributed by atoms with van der Waals surface area (Å²) in [5.41, 5.74) is -7.48. The van der Waals surface area contributed by atoms with Gasteiger partial charge in [-0.3, -0.25) is 14.4 Å². The van der Waals surface area contributed by atoms with Crippen molar-refractivity contribution in [1.82, 2.24) is 4.98 Å². The highest BCUT2D eigenvalue weighted by Gasteiger charge is 2.93. The highest BCUT2D eigenvalue weighted by Crippen LogP contribution is 2.92. The Morgan fingerprint density at radius 2 is 1.16 bits per heavy atom. The molecule has 4 rings (SSSR count). The molecule has 1 heterocycles. The Hall–Kier alpha value is -1.78. The minimum Gasteiger partial charge on any atom is -0.465 e. The molecule has 1 aromatic heterocycles. The molecule has 10 heteroatoms. The number of carbonyl (C=O) groups excluding carboxylic acids is 3. The van der Waals surface area contributed by atoms with E-state index >= 15 is 4.79 Å². The van der Waals surface area contributed by atoms with Crippen molar-refractivity contribution in [3.8, 4) is 0 Å². The topological polar surface area (TPSA) is 101 Å². The van der Waals surface area contributed by atoms with Gasteiger partial charge in [0, 0.05) is 11.9 Å². The molecule has 3 aliphatic carbocycles. The van der Waals surface area contributed by atoms with E-state index in [9.17, 15) is 9.59 Å². The van der Waals surface area contributed by atoms with Crippen LogP contribution in [0, 0.1) is 48.7 Å². The van der Waals surface area contributed by atoms with Gasteiger partial charge in [-0.25, -0.2) is 4.98 Å². The van der Waals surface area contributed by atoms with E-state index in [1.54, 1.807) is 27.8 Å². The third-order valence-corrected chi connectivity index (χ3v) is 18.7. The first-order valence-electron chi connectivity index (χ1n) is 23.4. The van der Waals surface area contributed by atoms with Crippen LogP contribution in [0.25, 0.3) is 0 Å². The number of unbranched alkanes of at least 4 members (excludes halogenated alkanes) is 7. The van der Waals surface area contributed by atoms with Crippen molar-refractivity contribution in [2.24, 2.45) is 48.7 Å². The number of hydrogen-bond donors (Lipinski definition) is 0. The average Bonchev–Trinajstić information content (AvgIpc) is 4.09. The van der Waals surface area contributed by atoms with Crippen molar-refractivity contribution >= 4 is 39.5 Å². The van der Waals surface area contributed by atoms with E-state index < -0.39 is 48.9 Å². The number of hydrogen-bond acceptors (Lipinski definition) is 10. The number of pyridine rings is 1. The summed E-state index contributed by atoms with van der Waals surface area (Å²) in [6.45, 7) is 36.9. The first-order chi connectivity index (χ1) is 27.9. The largest absolute Gasteiger partial charge is 0.465 e. The maximum atomic E-state index is 15.3. The van der Waals surface area contributed by atoms with Gasteiger partial charge in [0.15, 0.2) is 0 Å². The van der Waals surface area contributed by atoms with E-state index in [4.69, 9.17) is 18.9 Å². The number of nitrogens with zero attached hydrogens (tertiary/aromatic N) is 1. The van der Waals surface area contributed by atoms with Gasteiger partial charge in [-0.05, 0) is 116 Å². The Morgan fingerprint density at radius 3 is 1.69 bits per heavy atom. The number of ether oxygens (including phenoxy) is 4. The van der Waals surface area contributed by atoms with E-state index in [2.05, 4.69) is 88.1 Å². The predicted octanol–water partition coefficient (Wildman–Crippen LogP) is 13.5. The molecule has 3 saturated carbocycles. The van der Waals surface area contributed by atoms with Crippen LogP contribution in [0.4, 0.5) is 0 Å². The summed E-state index contributed by atoms with van der Waals surface area (Å²) in [4.78, 5) is 49.2. The lowest BCUT2D eigenvalue weighted by Gasteiger charge is -2.51. The monoisotopic (exact) mass is 888 g/mol. The summed E-state index contributed by atoms with van der Waals surface area (Å²) in [6, 6.07) is 5.83. The zero-order valence-electron chi connectivity index (χ0n) is 41.5. The van der Waals surface area contributed by atoms with Gasteiger partial charge in [0.25, 0.3) is 0 Å². The Kier molecular flexibility index (Phi) is 15.5. The van der Waals surface area contributed by atoms with Crippen LogP contribution < -0.4 is 0 Å². The minimum absolute atomic E-state index is 0.192. The molecule has 3 fully saturated rings. The van der Waals surface area contributed by atoms with Crippen LogP contribution in [0.3, 0.4) is 0 Å². The summed E-state index contributed by atoms with van der Waals surface area (Å²) in [7, 11) is 3.20. The standard InChI is InChI=1S/C51H85NO7S2/c1-18-19-20-21-22-23-24-27-30-56-39(54)51(46(14,15)47(16)34-49(47,41(2,3)4)40(55)59-44(10,11)36-58-42(5,6)7)35-48(51,17)45(12,13)50(33-43(50,8)9)38(53)57-31-32-60-61-37-28-25-26-29-52-37/h25-26,28-29H,18-24,27,30-36H2,1-17H3. The molecule has 8 nitrogen and oxygen atoms in total. The molecule has 348 valence electrons. The molecule has 5 unspecified atom stereocenters. The van der Waals surface area contributed by atoms with Gasteiger partial charge in [0.1, 0.15) is 17.2 Å². The molecule has 0 aromatic carbocycles. The van der Waals surface area contributed by atoms with E-state index in [1.165, 1.54) is 32.1 Å². The van der Waals surface area contributed by atoms with Gasteiger partial charge in [-0.15, -0.1) is 0 Å². The van der Waals surface area contributed by atoms with Crippen molar-refractivity contribution in [3.63, 3.8) is 0 Å². The Bertz CT molecular complexity index is 1700. The minimum atomic E-state index is -0.988. The third kappa shape index (κ3) is 9.49. The molecule has 0 N–H and O–H groups in total. The SMILES string of the molecule is CCCCCCCCCCOC(=O)C1(C(C)(C)C2(C)CC2(C(=O)OC(C)(C)COC(C)(C)C)C(C)(C)C)CC1(C)C(C)(C)C1(C(=O)OCCSSc2ccccn2)CC1(C)C. The van der Waals surface area contributed by atoms with Crippen LogP contribution in [-0.4, -0.2) is 59.7 Å². The maximum absolute atomic E-state index is 15.3. The molecular formula is C51H85NO7S2. The van der Waals surface area contributed by atoms with Gasteiger partial charge < -0.3 is 18.9 Å². The molecule has 0 bridgehead atoms.